The molecule has 0 spiro atoms. The van der Waals surface area contributed by atoms with Crippen LogP contribution in [0.3, 0.4) is 0 Å². The van der Waals surface area contributed by atoms with Crippen molar-refractivity contribution in [3.05, 3.63) is 41.1 Å². The molecular formula is C14H16N4O3. The Morgan fingerprint density at radius 1 is 1.29 bits per heavy atom. The zero-order valence-corrected chi connectivity index (χ0v) is 11.8. The van der Waals surface area contributed by atoms with E-state index in [1.54, 1.807) is 7.11 Å². The molecule has 0 aliphatic carbocycles. The summed E-state index contributed by atoms with van der Waals surface area (Å²) in [6.07, 6.45) is 1.52. The van der Waals surface area contributed by atoms with Gasteiger partial charge in [-0.05, 0) is 18.6 Å². The molecule has 0 radical (unpaired) electrons. The van der Waals surface area contributed by atoms with E-state index in [9.17, 15) is 0 Å². The van der Waals surface area contributed by atoms with Gasteiger partial charge in [0.2, 0.25) is 11.7 Å². The Morgan fingerprint density at radius 3 is 2.62 bits per heavy atom. The molecule has 0 unspecified atom stereocenters. The number of ether oxygens (including phenoxy) is 3. The number of benzene rings is 1. The van der Waals surface area contributed by atoms with Crippen molar-refractivity contribution in [1.82, 2.24) is 9.97 Å². The second-order valence-corrected chi connectivity index (χ2v) is 4.73. The van der Waals surface area contributed by atoms with Gasteiger partial charge in [-0.1, -0.05) is 12.1 Å². The van der Waals surface area contributed by atoms with Crippen molar-refractivity contribution in [2.75, 3.05) is 25.4 Å². The van der Waals surface area contributed by atoms with Gasteiger partial charge in [0.1, 0.15) is 11.6 Å². The molecule has 1 aliphatic heterocycles. The number of aryl methyl sites for hydroxylation is 1. The summed E-state index contributed by atoms with van der Waals surface area (Å²) in [4.78, 5) is 7.93. The van der Waals surface area contributed by atoms with E-state index in [2.05, 4.69) is 9.97 Å². The molecule has 7 nitrogen and oxygen atoms in total. The van der Waals surface area contributed by atoms with Crippen molar-refractivity contribution in [2.24, 2.45) is 0 Å². The third-order valence-corrected chi connectivity index (χ3v) is 3.50. The summed E-state index contributed by atoms with van der Waals surface area (Å²) in [5.74, 6) is -0.0477. The van der Waals surface area contributed by atoms with Crippen LogP contribution in [0.25, 0.3) is 0 Å². The predicted octanol–water partition coefficient (Wildman–Crippen LogP) is 1.16. The van der Waals surface area contributed by atoms with Crippen LogP contribution in [0.15, 0.2) is 24.4 Å². The summed E-state index contributed by atoms with van der Waals surface area (Å²) in [5, 5.41) is 0. The van der Waals surface area contributed by atoms with Crippen LogP contribution in [0.1, 0.15) is 16.7 Å². The van der Waals surface area contributed by atoms with E-state index in [-0.39, 0.29) is 18.6 Å². The average molecular weight is 288 g/mol. The number of hydrogen-bond acceptors (Lipinski definition) is 7. The van der Waals surface area contributed by atoms with Gasteiger partial charge in [-0.25, -0.2) is 4.98 Å². The van der Waals surface area contributed by atoms with Crippen LogP contribution >= 0.6 is 0 Å². The van der Waals surface area contributed by atoms with Crippen molar-refractivity contribution < 1.29 is 14.2 Å². The zero-order valence-electron chi connectivity index (χ0n) is 11.8. The lowest BCUT2D eigenvalue weighted by Crippen LogP contribution is -2.45. The van der Waals surface area contributed by atoms with Crippen LogP contribution in [0.2, 0.25) is 0 Å². The average Bonchev–Trinajstić information content (AvgIpc) is 2.41. The monoisotopic (exact) mass is 288 g/mol. The number of methoxy groups -OCH3 is 1. The number of nitrogen functional groups attached to an aromatic ring is 2. The molecule has 1 aromatic carbocycles. The molecule has 0 saturated carbocycles. The first-order valence-corrected chi connectivity index (χ1v) is 6.38. The standard InChI is InChI=1S/C14H16N4O3/c1-8-3-4-9(5-11(8)19-2)14(20-7-21-14)10-6-17-13(16)18-12(10)15/h3-6H,7H2,1-2H3,(H4,15,16,17,18). The molecule has 1 saturated heterocycles. The van der Waals surface area contributed by atoms with Crippen LogP contribution in [0.5, 0.6) is 5.75 Å². The lowest BCUT2D eigenvalue weighted by molar-refractivity contribution is -0.386. The summed E-state index contributed by atoms with van der Waals surface area (Å²) in [7, 11) is 1.61. The molecule has 3 rings (SSSR count). The van der Waals surface area contributed by atoms with E-state index >= 15 is 0 Å². The smallest absolute Gasteiger partial charge is 0.231 e. The first-order chi connectivity index (χ1) is 10.1. The van der Waals surface area contributed by atoms with E-state index < -0.39 is 5.79 Å². The lowest BCUT2D eigenvalue weighted by Gasteiger charge is -2.42. The molecule has 2 heterocycles. The molecule has 0 bridgehead atoms. The Bertz CT molecular complexity index is 686. The van der Waals surface area contributed by atoms with Gasteiger partial charge in [-0.2, -0.15) is 4.98 Å². The molecule has 110 valence electrons. The van der Waals surface area contributed by atoms with Gasteiger partial charge >= 0.3 is 0 Å². The highest BCUT2D eigenvalue weighted by atomic mass is 16.9. The van der Waals surface area contributed by atoms with Gasteiger partial charge in [-0.15, -0.1) is 0 Å². The van der Waals surface area contributed by atoms with Crippen molar-refractivity contribution in [1.29, 1.82) is 0 Å². The number of hydrogen-bond donors (Lipinski definition) is 2. The van der Waals surface area contributed by atoms with Crippen LogP contribution in [-0.4, -0.2) is 23.9 Å². The number of anilines is 2. The van der Waals surface area contributed by atoms with Crippen LogP contribution in [-0.2, 0) is 15.3 Å². The summed E-state index contributed by atoms with van der Waals surface area (Å²) >= 11 is 0. The lowest BCUT2D eigenvalue weighted by atomic mass is 9.96. The van der Waals surface area contributed by atoms with E-state index in [0.717, 1.165) is 16.9 Å². The van der Waals surface area contributed by atoms with Crippen LogP contribution in [0.4, 0.5) is 11.8 Å². The van der Waals surface area contributed by atoms with Crippen molar-refractivity contribution in [2.45, 2.75) is 12.7 Å². The van der Waals surface area contributed by atoms with Gasteiger partial charge in [0.15, 0.2) is 6.79 Å². The molecule has 0 amide bonds. The summed E-state index contributed by atoms with van der Waals surface area (Å²) in [6.45, 7) is 2.12. The van der Waals surface area contributed by atoms with E-state index in [1.165, 1.54) is 6.20 Å². The first-order valence-electron chi connectivity index (χ1n) is 6.38. The largest absolute Gasteiger partial charge is 0.496 e. The first kappa shape index (κ1) is 13.6. The molecule has 1 fully saturated rings. The third kappa shape index (κ3) is 2.07. The van der Waals surface area contributed by atoms with Crippen LogP contribution in [0, 0.1) is 6.92 Å². The molecular weight excluding hydrogens is 272 g/mol. The fourth-order valence-corrected chi connectivity index (χ4v) is 2.34. The second kappa shape index (κ2) is 4.87. The number of nitrogens with two attached hydrogens (primary N) is 2. The van der Waals surface area contributed by atoms with Gasteiger partial charge < -0.3 is 25.7 Å². The molecule has 4 N–H and O–H groups in total. The number of rotatable bonds is 3. The maximum absolute atomic E-state index is 5.93. The fraction of sp³-hybridized carbons (Fsp3) is 0.286. The molecule has 7 heteroatoms. The third-order valence-electron chi connectivity index (χ3n) is 3.50. The van der Waals surface area contributed by atoms with Gasteiger partial charge in [-0.3, -0.25) is 0 Å². The van der Waals surface area contributed by atoms with Gasteiger partial charge in [0.05, 0.1) is 12.7 Å². The Labute approximate surface area is 121 Å². The Balaban J connectivity index is 2.12. The Hall–Kier alpha value is -2.38. The highest BCUT2D eigenvalue weighted by molar-refractivity contribution is 5.51. The maximum Gasteiger partial charge on any atom is 0.231 e. The van der Waals surface area contributed by atoms with Crippen molar-refractivity contribution >= 4 is 11.8 Å². The number of nitrogens with zero attached hydrogens (tertiary/aromatic N) is 2. The quantitative estimate of drug-likeness (QED) is 0.873. The molecule has 1 aromatic heterocycles. The minimum Gasteiger partial charge on any atom is -0.496 e. The minimum atomic E-state index is -1.11. The fourth-order valence-electron chi connectivity index (χ4n) is 2.34. The van der Waals surface area contributed by atoms with Crippen LogP contribution < -0.4 is 16.2 Å². The summed E-state index contributed by atoms with van der Waals surface area (Å²) in [6, 6.07) is 5.67. The highest BCUT2D eigenvalue weighted by Gasteiger charge is 2.46. The number of aromatic nitrogens is 2. The second-order valence-electron chi connectivity index (χ2n) is 4.73. The Morgan fingerprint density at radius 2 is 2.05 bits per heavy atom. The van der Waals surface area contributed by atoms with Crippen molar-refractivity contribution in [3.8, 4) is 5.75 Å². The molecule has 21 heavy (non-hydrogen) atoms. The van der Waals surface area contributed by atoms with Gasteiger partial charge in [0.25, 0.3) is 0 Å². The van der Waals surface area contributed by atoms with E-state index in [1.807, 2.05) is 25.1 Å². The molecule has 2 aromatic rings. The minimum absolute atomic E-state index is 0.104. The summed E-state index contributed by atoms with van der Waals surface area (Å²) in [5.41, 5.74) is 13.8. The van der Waals surface area contributed by atoms with E-state index in [4.69, 9.17) is 25.7 Å². The predicted molar refractivity (Wildman–Crippen MR) is 76.4 cm³/mol. The topological polar surface area (TPSA) is 106 Å². The van der Waals surface area contributed by atoms with Gasteiger partial charge in [0, 0.05) is 11.8 Å². The maximum atomic E-state index is 5.93. The van der Waals surface area contributed by atoms with Crippen molar-refractivity contribution in [3.63, 3.8) is 0 Å². The summed E-state index contributed by atoms with van der Waals surface area (Å²) < 4.78 is 16.7. The normalized spacial score (nSPS) is 16.3. The molecule has 0 atom stereocenters. The molecule has 1 aliphatic rings. The SMILES string of the molecule is COc1cc(C2(c3cnc(N)nc3N)OCO2)ccc1C. The highest BCUT2D eigenvalue weighted by Crippen LogP contribution is 2.44. The zero-order chi connectivity index (χ0) is 15.0. The Kier molecular flexibility index (Phi) is 3.15. The van der Waals surface area contributed by atoms with E-state index in [0.29, 0.717) is 5.56 Å².